The van der Waals surface area contributed by atoms with E-state index in [4.69, 9.17) is 0 Å². The van der Waals surface area contributed by atoms with Crippen LogP contribution in [0.15, 0.2) is 9.98 Å². The summed E-state index contributed by atoms with van der Waals surface area (Å²) in [5.41, 5.74) is 0. The molecule has 0 unspecified atom stereocenters. The van der Waals surface area contributed by atoms with Gasteiger partial charge in [-0.2, -0.15) is 0 Å². The lowest BCUT2D eigenvalue weighted by Crippen LogP contribution is -2.47. The first-order valence-electron chi connectivity index (χ1n) is 4.47. The van der Waals surface area contributed by atoms with Crippen LogP contribution >= 0.6 is 0 Å². The van der Waals surface area contributed by atoms with E-state index in [2.05, 4.69) is 9.98 Å². The monoisotopic (exact) mass is 199 g/mol. The van der Waals surface area contributed by atoms with Crippen molar-refractivity contribution in [2.45, 2.75) is 0 Å². The van der Waals surface area contributed by atoms with Crippen LogP contribution in [0.1, 0.15) is 0 Å². The fourth-order valence-electron chi connectivity index (χ4n) is 1.39. The minimum absolute atomic E-state index is 0.874. The molecule has 0 bridgehead atoms. The highest BCUT2D eigenvalue weighted by molar-refractivity contribution is 5.97. The van der Waals surface area contributed by atoms with Crippen LogP contribution in [0.4, 0.5) is 0 Å². The third-order valence-corrected chi connectivity index (χ3v) is 1.80. The highest BCUT2D eigenvalue weighted by Gasteiger charge is 2.14. The predicted molar refractivity (Wildman–Crippen MR) is 61.9 cm³/mol. The molecule has 0 radical (unpaired) electrons. The highest BCUT2D eigenvalue weighted by atomic mass is 15.4. The molecule has 14 heavy (non-hydrogen) atoms. The van der Waals surface area contributed by atoms with Crippen molar-refractivity contribution in [2.24, 2.45) is 9.98 Å². The van der Waals surface area contributed by atoms with Crippen LogP contribution in [0.5, 0.6) is 0 Å². The Morgan fingerprint density at radius 1 is 0.714 bits per heavy atom. The molecule has 0 saturated carbocycles. The Labute approximate surface area is 86.7 Å². The molecule has 0 aromatic rings. The zero-order chi connectivity index (χ0) is 11.3. The van der Waals surface area contributed by atoms with Crippen molar-refractivity contribution in [3.05, 3.63) is 0 Å². The Bertz CT molecular complexity index is 205. The van der Waals surface area contributed by atoms with Crippen molar-refractivity contribution in [3.8, 4) is 0 Å². The van der Waals surface area contributed by atoms with Gasteiger partial charge < -0.3 is 9.80 Å². The molecule has 0 amide bonds. The fraction of sp³-hybridized carbons (Fsp3) is 0.778. The summed E-state index contributed by atoms with van der Waals surface area (Å²) in [6.07, 6.45) is 0. The van der Waals surface area contributed by atoms with Gasteiger partial charge in [-0.3, -0.25) is 14.9 Å². The summed E-state index contributed by atoms with van der Waals surface area (Å²) in [4.78, 5) is 14.2. The first-order chi connectivity index (χ1) is 6.45. The molecule has 0 N–H and O–H groups in total. The Balaban J connectivity index is 4.83. The first kappa shape index (κ1) is 12.7. The topological polar surface area (TPSA) is 34.4 Å². The van der Waals surface area contributed by atoms with Gasteiger partial charge in [0.05, 0.1) is 0 Å². The van der Waals surface area contributed by atoms with E-state index in [0.29, 0.717) is 0 Å². The quantitative estimate of drug-likeness (QED) is 0.407. The molecule has 0 rings (SSSR count). The second-order valence-corrected chi connectivity index (χ2v) is 3.40. The van der Waals surface area contributed by atoms with E-state index in [9.17, 15) is 0 Å². The molecule has 0 fully saturated rings. The molecule has 0 aliphatic rings. The molecule has 5 heteroatoms. The molecular weight excluding hydrogens is 178 g/mol. The minimum Gasteiger partial charge on any atom is -0.349 e. The fourth-order valence-corrected chi connectivity index (χ4v) is 1.39. The lowest BCUT2D eigenvalue weighted by atomic mass is 10.6. The Morgan fingerprint density at radius 2 is 1.00 bits per heavy atom. The maximum Gasteiger partial charge on any atom is 0.202 e. The van der Waals surface area contributed by atoms with Crippen molar-refractivity contribution in [1.82, 2.24) is 14.7 Å². The van der Waals surface area contributed by atoms with Gasteiger partial charge in [0.2, 0.25) is 11.9 Å². The third-order valence-electron chi connectivity index (χ3n) is 1.80. The van der Waals surface area contributed by atoms with Crippen molar-refractivity contribution in [3.63, 3.8) is 0 Å². The van der Waals surface area contributed by atoms with Crippen LogP contribution in [0.2, 0.25) is 0 Å². The van der Waals surface area contributed by atoms with Gasteiger partial charge in [-0.25, -0.2) is 0 Å². The van der Waals surface area contributed by atoms with Gasteiger partial charge in [-0.05, 0) is 0 Å². The van der Waals surface area contributed by atoms with Crippen LogP contribution in [0.25, 0.3) is 0 Å². The molecule has 5 nitrogen and oxygen atoms in total. The van der Waals surface area contributed by atoms with Gasteiger partial charge in [0.1, 0.15) is 0 Å². The van der Waals surface area contributed by atoms with Crippen LogP contribution in [-0.4, -0.2) is 76.0 Å². The van der Waals surface area contributed by atoms with Crippen LogP contribution in [-0.2, 0) is 0 Å². The molecule has 0 heterocycles. The molecule has 0 spiro atoms. The third kappa shape index (κ3) is 2.90. The summed E-state index contributed by atoms with van der Waals surface area (Å²) < 4.78 is 0. The van der Waals surface area contributed by atoms with E-state index in [1.54, 1.807) is 14.1 Å². The summed E-state index contributed by atoms with van der Waals surface area (Å²) >= 11 is 0. The number of nitrogens with zero attached hydrogens (tertiary/aromatic N) is 5. The lowest BCUT2D eigenvalue weighted by Gasteiger charge is -2.30. The minimum atomic E-state index is 0.874. The highest BCUT2D eigenvalue weighted by Crippen LogP contribution is 1.96. The number of hydrogen-bond acceptors (Lipinski definition) is 2. The van der Waals surface area contributed by atoms with Gasteiger partial charge in [-0.15, -0.1) is 0 Å². The summed E-state index contributed by atoms with van der Waals surface area (Å²) in [7, 11) is 13.3. The van der Waals surface area contributed by atoms with E-state index < -0.39 is 0 Å². The standard InChI is InChI=1S/C9H21N5/c1-10-8(12(3)4)14(7)9(11-2)13(5)6/h1-7H3/b10-8-,11-9+. The average Bonchev–Trinajstić information content (AvgIpc) is 2.04. The number of rotatable bonds is 0. The maximum absolute atomic E-state index is 4.20. The summed E-state index contributed by atoms with van der Waals surface area (Å²) in [6, 6.07) is 0. The number of aliphatic imine (C=N–C) groups is 2. The van der Waals surface area contributed by atoms with Crippen LogP contribution < -0.4 is 0 Å². The van der Waals surface area contributed by atoms with Crippen LogP contribution in [0.3, 0.4) is 0 Å². The average molecular weight is 199 g/mol. The first-order valence-corrected chi connectivity index (χ1v) is 4.47. The van der Waals surface area contributed by atoms with E-state index in [1.165, 1.54) is 0 Å². The SMILES string of the molecule is C/N=C(/N(C)C)N(C)/C(=N/C)N(C)C. The second-order valence-electron chi connectivity index (χ2n) is 3.40. The van der Waals surface area contributed by atoms with E-state index >= 15 is 0 Å². The predicted octanol–water partition coefficient (Wildman–Crippen LogP) is 0.0130. The Morgan fingerprint density at radius 3 is 1.14 bits per heavy atom. The molecule has 0 aromatic carbocycles. The lowest BCUT2D eigenvalue weighted by molar-refractivity contribution is 0.474. The smallest absolute Gasteiger partial charge is 0.202 e. The van der Waals surface area contributed by atoms with E-state index in [-0.39, 0.29) is 0 Å². The Kier molecular flexibility index (Phi) is 4.97. The van der Waals surface area contributed by atoms with Gasteiger partial charge >= 0.3 is 0 Å². The number of hydrogen-bond donors (Lipinski definition) is 0. The zero-order valence-electron chi connectivity index (χ0n) is 10.2. The molecule has 0 aromatic heterocycles. The second kappa shape index (κ2) is 5.47. The van der Waals surface area contributed by atoms with Crippen molar-refractivity contribution in [2.75, 3.05) is 49.3 Å². The summed E-state index contributed by atoms with van der Waals surface area (Å²) in [5, 5.41) is 0. The maximum atomic E-state index is 4.20. The Hall–Kier alpha value is -1.26. The van der Waals surface area contributed by atoms with Gasteiger partial charge in [0, 0.05) is 49.3 Å². The zero-order valence-corrected chi connectivity index (χ0v) is 10.2. The van der Waals surface area contributed by atoms with Gasteiger partial charge in [0.15, 0.2) is 0 Å². The van der Waals surface area contributed by atoms with Crippen LogP contribution in [0, 0.1) is 0 Å². The van der Waals surface area contributed by atoms with Crippen molar-refractivity contribution < 1.29 is 0 Å². The molecule has 0 atom stereocenters. The molecule has 0 aliphatic carbocycles. The molecule has 0 aliphatic heterocycles. The van der Waals surface area contributed by atoms with Crippen molar-refractivity contribution >= 4 is 11.9 Å². The normalized spacial score (nSPS) is 12.8. The summed E-state index contributed by atoms with van der Waals surface area (Å²) in [5.74, 6) is 1.75. The van der Waals surface area contributed by atoms with Gasteiger partial charge in [-0.1, -0.05) is 0 Å². The molecule has 82 valence electrons. The molecular formula is C9H21N5. The number of guanidine groups is 2. The van der Waals surface area contributed by atoms with Gasteiger partial charge in [0.25, 0.3) is 0 Å². The van der Waals surface area contributed by atoms with E-state index in [1.807, 2.05) is 49.9 Å². The summed E-state index contributed by atoms with van der Waals surface area (Å²) in [6.45, 7) is 0. The van der Waals surface area contributed by atoms with Crippen molar-refractivity contribution in [1.29, 1.82) is 0 Å². The largest absolute Gasteiger partial charge is 0.349 e. The molecule has 0 saturated heterocycles. The van der Waals surface area contributed by atoms with E-state index in [0.717, 1.165) is 11.9 Å².